The molecule has 2 heterocycles. The van der Waals surface area contributed by atoms with Gasteiger partial charge in [0.2, 0.25) is 11.8 Å². The summed E-state index contributed by atoms with van der Waals surface area (Å²) in [7, 11) is 0. The molecule has 7 heteroatoms. The number of nitrogens with two attached hydrogens (primary N) is 1. The lowest BCUT2D eigenvalue weighted by Crippen LogP contribution is -2.55. The highest BCUT2D eigenvalue weighted by molar-refractivity contribution is 6.09. The van der Waals surface area contributed by atoms with E-state index in [0.717, 1.165) is 6.42 Å². The number of carbonyl (C=O) groups is 2. The lowest BCUT2D eigenvalue weighted by molar-refractivity contribution is -0.142. The number of rotatable bonds is 2. The number of halogens is 2. The highest BCUT2D eigenvalue weighted by atomic mass is 35.5. The molecule has 2 fully saturated rings. The van der Waals surface area contributed by atoms with Crippen molar-refractivity contribution in [3.63, 3.8) is 0 Å². The first kappa shape index (κ1) is 19.7. The largest absolute Gasteiger partial charge is 0.341 e. The van der Waals surface area contributed by atoms with Gasteiger partial charge in [0.25, 0.3) is 0 Å². The van der Waals surface area contributed by atoms with Gasteiger partial charge < -0.3 is 15.5 Å². The van der Waals surface area contributed by atoms with Crippen molar-refractivity contribution in [3.8, 4) is 0 Å². The van der Waals surface area contributed by atoms with Crippen molar-refractivity contribution in [2.45, 2.75) is 32.7 Å². The summed E-state index contributed by atoms with van der Waals surface area (Å²) in [6.07, 6.45) is 1.25. The summed E-state index contributed by atoms with van der Waals surface area (Å²) >= 11 is 0. The molecule has 2 aliphatic rings. The highest BCUT2D eigenvalue weighted by Gasteiger charge is 2.43. The number of likely N-dealkylation sites (tertiary alicyclic amines) is 1. The molecule has 1 aromatic rings. The number of benzene rings is 1. The van der Waals surface area contributed by atoms with Crippen molar-refractivity contribution in [3.05, 3.63) is 30.1 Å². The van der Waals surface area contributed by atoms with Crippen LogP contribution in [0.5, 0.6) is 0 Å². The smallest absolute Gasteiger partial charge is 0.239 e. The van der Waals surface area contributed by atoms with Crippen molar-refractivity contribution >= 4 is 29.9 Å². The predicted molar refractivity (Wildman–Crippen MR) is 97.1 cm³/mol. The zero-order chi connectivity index (χ0) is 17.5. The van der Waals surface area contributed by atoms with Gasteiger partial charge >= 0.3 is 0 Å². The molecular formula is C18H25ClFN3O2. The van der Waals surface area contributed by atoms with Gasteiger partial charge in [0, 0.05) is 31.4 Å². The summed E-state index contributed by atoms with van der Waals surface area (Å²) in [4.78, 5) is 28.8. The normalized spacial score (nSPS) is 25.7. The van der Waals surface area contributed by atoms with Gasteiger partial charge in [-0.3, -0.25) is 9.59 Å². The van der Waals surface area contributed by atoms with Gasteiger partial charge in [-0.05, 0) is 42.5 Å². The standard InChI is InChI=1S/C18H24FN3O2.ClH/c1-18(2)11-21(9-8-15(18)20)16(23)14-7-10-22(17(14)24)13-5-3-12(19)4-6-13;/h3-6,14-15H,7-11,20H2,1-2H3;1H. The molecule has 2 amide bonds. The number of amides is 2. The second kappa shape index (κ2) is 7.30. The third-order valence-electron chi connectivity index (χ3n) is 5.27. The first-order valence-corrected chi connectivity index (χ1v) is 8.41. The van der Waals surface area contributed by atoms with Crippen LogP contribution in [-0.2, 0) is 9.59 Å². The van der Waals surface area contributed by atoms with Crippen LogP contribution in [0.2, 0.25) is 0 Å². The average Bonchev–Trinajstić information content (AvgIpc) is 2.92. The van der Waals surface area contributed by atoms with Gasteiger partial charge in [-0.25, -0.2) is 4.39 Å². The van der Waals surface area contributed by atoms with E-state index in [-0.39, 0.29) is 41.5 Å². The minimum atomic E-state index is -0.639. The second-order valence-corrected chi connectivity index (χ2v) is 7.45. The number of hydrogen-bond acceptors (Lipinski definition) is 3. The lowest BCUT2D eigenvalue weighted by atomic mass is 9.79. The first-order valence-electron chi connectivity index (χ1n) is 8.41. The van der Waals surface area contributed by atoms with Crippen LogP contribution in [0, 0.1) is 17.2 Å². The Hall–Kier alpha value is -1.66. The van der Waals surface area contributed by atoms with Crippen LogP contribution < -0.4 is 10.6 Å². The molecule has 0 aliphatic carbocycles. The second-order valence-electron chi connectivity index (χ2n) is 7.45. The number of nitrogens with zero attached hydrogens (tertiary/aromatic N) is 2. The molecule has 3 rings (SSSR count). The zero-order valence-electron chi connectivity index (χ0n) is 14.6. The number of piperidine rings is 1. The monoisotopic (exact) mass is 369 g/mol. The fraction of sp³-hybridized carbons (Fsp3) is 0.556. The Morgan fingerprint density at radius 3 is 2.44 bits per heavy atom. The van der Waals surface area contributed by atoms with E-state index < -0.39 is 5.92 Å². The van der Waals surface area contributed by atoms with Crippen LogP contribution in [0.4, 0.5) is 10.1 Å². The van der Waals surface area contributed by atoms with Crippen LogP contribution in [0.25, 0.3) is 0 Å². The number of hydrogen-bond donors (Lipinski definition) is 1. The molecule has 5 nitrogen and oxygen atoms in total. The minimum Gasteiger partial charge on any atom is -0.341 e. The summed E-state index contributed by atoms with van der Waals surface area (Å²) in [6, 6.07) is 5.86. The summed E-state index contributed by atoms with van der Waals surface area (Å²) in [5.41, 5.74) is 6.61. The zero-order valence-corrected chi connectivity index (χ0v) is 15.4. The molecule has 2 unspecified atom stereocenters. The number of carbonyl (C=O) groups excluding carboxylic acids is 2. The predicted octanol–water partition coefficient (Wildman–Crippen LogP) is 2.19. The molecule has 0 spiro atoms. The van der Waals surface area contributed by atoms with Gasteiger partial charge in [-0.15, -0.1) is 12.4 Å². The molecular weight excluding hydrogens is 345 g/mol. The fourth-order valence-electron chi connectivity index (χ4n) is 3.57. The van der Waals surface area contributed by atoms with Gasteiger partial charge in [0.1, 0.15) is 11.7 Å². The lowest BCUT2D eigenvalue weighted by Gasteiger charge is -2.43. The molecule has 0 aromatic heterocycles. The van der Waals surface area contributed by atoms with Gasteiger partial charge in [0.15, 0.2) is 0 Å². The third kappa shape index (κ3) is 3.80. The van der Waals surface area contributed by atoms with E-state index in [4.69, 9.17) is 5.73 Å². The highest BCUT2D eigenvalue weighted by Crippen LogP contribution is 2.31. The van der Waals surface area contributed by atoms with Crippen LogP contribution in [-0.4, -0.2) is 42.4 Å². The quantitative estimate of drug-likeness (QED) is 0.812. The Kier molecular flexibility index (Phi) is 5.74. The molecule has 138 valence electrons. The fourth-order valence-corrected chi connectivity index (χ4v) is 3.57. The van der Waals surface area contributed by atoms with E-state index in [1.54, 1.807) is 21.9 Å². The van der Waals surface area contributed by atoms with Gasteiger partial charge in [-0.2, -0.15) is 0 Å². The molecule has 0 saturated carbocycles. The third-order valence-corrected chi connectivity index (χ3v) is 5.27. The van der Waals surface area contributed by atoms with Crippen LogP contribution in [0.15, 0.2) is 24.3 Å². The topological polar surface area (TPSA) is 66.6 Å². The molecule has 2 aliphatic heterocycles. The summed E-state index contributed by atoms with van der Waals surface area (Å²) in [5, 5.41) is 0. The van der Waals surface area contributed by atoms with Crippen molar-refractivity contribution in [2.24, 2.45) is 17.1 Å². The maximum absolute atomic E-state index is 13.0. The maximum atomic E-state index is 13.0. The average molecular weight is 370 g/mol. The Bertz CT molecular complexity index is 650. The van der Waals surface area contributed by atoms with E-state index in [1.165, 1.54) is 12.1 Å². The molecule has 2 atom stereocenters. The van der Waals surface area contributed by atoms with E-state index in [9.17, 15) is 14.0 Å². The first-order chi connectivity index (χ1) is 11.3. The minimum absolute atomic E-state index is 0. The van der Waals surface area contributed by atoms with Gasteiger partial charge in [0.05, 0.1) is 0 Å². The molecule has 25 heavy (non-hydrogen) atoms. The van der Waals surface area contributed by atoms with Crippen LogP contribution in [0.3, 0.4) is 0 Å². The van der Waals surface area contributed by atoms with Crippen molar-refractivity contribution in [1.82, 2.24) is 4.90 Å². The SMILES string of the molecule is CC1(C)CN(C(=O)C2CCN(c3ccc(F)cc3)C2=O)CCC1N.Cl. The van der Waals surface area contributed by atoms with Gasteiger partial charge in [-0.1, -0.05) is 13.8 Å². The Morgan fingerprint density at radius 1 is 1.20 bits per heavy atom. The molecule has 2 saturated heterocycles. The maximum Gasteiger partial charge on any atom is 0.239 e. The Labute approximate surface area is 153 Å². The molecule has 1 aromatic carbocycles. The summed E-state index contributed by atoms with van der Waals surface area (Å²) in [5.74, 6) is -1.28. The van der Waals surface area contributed by atoms with E-state index >= 15 is 0 Å². The Balaban J connectivity index is 0.00000225. The van der Waals surface area contributed by atoms with E-state index in [0.29, 0.717) is 31.7 Å². The van der Waals surface area contributed by atoms with E-state index in [1.807, 2.05) is 0 Å². The van der Waals surface area contributed by atoms with Crippen molar-refractivity contribution in [1.29, 1.82) is 0 Å². The van der Waals surface area contributed by atoms with Crippen molar-refractivity contribution in [2.75, 3.05) is 24.5 Å². The van der Waals surface area contributed by atoms with Crippen LogP contribution >= 0.6 is 12.4 Å². The molecule has 2 N–H and O–H groups in total. The summed E-state index contributed by atoms with van der Waals surface area (Å²) < 4.78 is 13.0. The Morgan fingerprint density at radius 2 is 1.84 bits per heavy atom. The molecule has 0 bridgehead atoms. The summed E-state index contributed by atoms with van der Waals surface area (Å²) in [6.45, 7) is 5.77. The number of anilines is 1. The van der Waals surface area contributed by atoms with Crippen molar-refractivity contribution < 1.29 is 14.0 Å². The molecule has 0 radical (unpaired) electrons. The van der Waals surface area contributed by atoms with Crippen LogP contribution in [0.1, 0.15) is 26.7 Å². The van der Waals surface area contributed by atoms with E-state index in [2.05, 4.69) is 13.8 Å².